The number of unbranched alkanes of at least 4 members (excludes halogenated alkanes) is 2. The van der Waals surface area contributed by atoms with Gasteiger partial charge in [-0.2, -0.15) is 5.10 Å². The summed E-state index contributed by atoms with van der Waals surface area (Å²) in [5.74, 6) is -0.374. The van der Waals surface area contributed by atoms with E-state index in [-0.39, 0.29) is 12.5 Å². The van der Waals surface area contributed by atoms with Gasteiger partial charge in [0.25, 0.3) is 11.5 Å². The normalized spacial score (nSPS) is 13.6. The van der Waals surface area contributed by atoms with Crippen LogP contribution in [-0.4, -0.2) is 41.9 Å². The smallest absolute Gasteiger partial charge is 0.325 e. The molecule has 1 amide bonds. The van der Waals surface area contributed by atoms with E-state index in [2.05, 4.69) is 17.0 Å². The number of hydrazone groups is 1. The van der Waals surface area contributed by atoms with Gasteiger partial charge in [-0.1, -0.05) is 57.0 Å². The summed E-state index contributed by atoms with van der Waals surface area (Å²) in [7, 11) is 0. The molecule has 33 heavy (non-hydrogen) atoms. The Hall–Kier alpha value is -3.49. The van der Waals surface area contributed by atoms with E-state index in [0.29, 0.717) is 37.2 Å². The first kappa shape index (κ1) is 22.7. The SMILES string of the molecule is CCCCn1cnc2c1c(=O)n(CC(=O)N1CCC(c3ccccc3)=N1)c(=O)n2CCCC. The summed E-state index contributed by atoms with van der Waals surface area (Å²) in [5.41, 5.74) is 1.58. The first-order chi connectivity index (χ1) is 16.0. The Labute approximate surface area is 192 Å². The minimum absolute atomic E-state index is 0.343. The van der Waals surface area contributed by atoms with Gasteiger partial charge in [0.2, 0.25) is 0 Å². The van der Waals surface area contributed by atoms with E-state index in [1.807, 2.05) is 37.3 Å². The molecule has 0 saturated heterocycles. The van der Waals surface area contributed by atoms with Gasteiger partial charge >= 0.3 is 5.69 Å². The van der Waals surface area contributed by atoms with Crippen LogP contribution in [0.5, 0.6) is 0 Å². The summed E-state index contributed by atoms with van der Waals surface area (Å²) in [4.78, 5) is 44.0. The molecule has 1 aliphatic heterocycles. The van der Waals surface area contributed by atoms with Crippen LogP contribution in [0, 0.1) is 0 Å². The lowest BCUT2D eigenvalue weighted by Gasteiger charge is -2.15. The van der Waals surface area contributed by atoms with Crippen LogP contribution in [0.25, 0.3) is 11.2 Å². The number of aryl methyl sites for hydroxylation is 2. The number of carbonyl (C=O) groups is 1. The Kier molecular flexibility index (Phi) is 6.86. The zero-order chi connectivity index (χ0) is 23.4. The molecule has 0 N–H and O–H groups in total. The molecule has 0 fully saturated rings. The molecule has 4 rings (SSSR count). The zero-order valence-corrected chi connectivity index (χ0v) is 19.2. The number of nitrogens with zero attached hydrogens (tertiary/aromatic N) is 6. The first-order valence-electron chi connectivity index (χ1n) is 11.7. The van der Waals surface area contributed by atoms with Gasteiger partial charge in [-0.25, -0.2) is 19.4 Å². The minimum atomic E-state index is -0.499. The van der Waals surface area contributed by atoms with Crippen LogP contribution in [-0.2, 0) is 24.4 Å². The van der Waals surface area contributed by atoms with Crippen LogP contribution in [0.15, 0.2) is 51.3 Å². The fourth-order valence-corrected chi connectivity index (χ4v) is 4.08. The molecule has 1 aromatic carbocycles. The highest BCUT2D eigenvalue weighted by molar-refractivity contribution is 6.02. The van der Waals surface area contributed by atoms with Crippen molar-refractivity contribution in [2.24, 2.45) is 5.10 Å². The van der Waals surface area contributed by atoms with Crippen LogP contribution in [0.2, 0.25) is 0 Å². The predicted molar refractivity (Wildman–Crippen MR) is 127 cm³/mol. The predicted octanol–water partition coefficient (Wildman–Crippen LogP) is 2.60. The van der Waals surface area contributed by atoms with E-state index < -0.39 is 11.2 Å². The molecule has 0 aliphatic carbocycles. The van der Waals surface area contributed by atoms with Crippen molar-refractivity contribution in [2.75, 3.05) is 6.54 Å². The number of benzene rings is 1. The largest absolute Gasteiger partial charge is 0.333 e. The van der Waals surface area contributed by atoms with Crippen molar-refractivity contribution in [1.82, 2.24) is 23.7 Å². The Morgan fingerprint density at radius 2 is 1.73 bits per heavy atom. The third-order valence-corrected chi connectivity index (χ3v) is 5.96. The van der Waals surface area contributed by atoms with Crippen LogP contribution >= 0.6 is 0 Å². The lowest BCUT2D eigenvalue weighted by Crippen LogP contribution is -2.44. The van der Waals surface area contributed by atoms with Gasteiger partial charge in [-0.15, -0.1) is 0 Å². The fourth-order valence-electron chi connectivity index (χ4n) is 4.08. The number of amides is 1. The third kappa shape index (κ3) is 4.53. The van der Waals surface area contributed by atoms with Gasteiger partial charge in [0.1, 0.15) is 6.54 Å². The highest BCUT2D eigenvalue weighted by Gasteiger charge is 2.25. The van der Waals surface area contributed by atoms with E-state index in [4.69, 9.17) is 0 Å². The van der Waals surface area contributed by atoms with Crippen molar-refractivity contribution in [3.8, 4) is 0 Å². The fraction of sp³-hybridized carbons (Fsp3) is 0.458. The standard InChI is InChI=1S/C24H30N6O3/c1-3-5-13-27-17-25-22-21(27)23(32)29(24(33)28(22)14-6-4-2)16-20(31)30-15-12-19(26-30)18-10-8-7-9-11-18/h7-11,17H,3-6,12-16H2,1-2H3. The van der Waals surface area contributed by atoms with Gasteiger partial charge in [0.15, 0.2) is 11.2 Å². The third-order valence-electron chi connectivity index (χ3n) is 5.96. The molecule has 174 valence electrons. The number of aromatic nitrogens is 4. The van der Waals surface area contributed by atoms with Crippen molar-refractivity contribution in [2.45, 2.75) is 65.6 Å². The molecule has 3 aromatic rings. The summed E-state index contributed by atoms with van der Waals surface area (Å²) >= 11 is 0. The molecular formula is C24H30N6O3. The molecule has 0 atom stereocenters. The van der Waals surface area contributed by atoms with Gasteiger partial charge in [0.05, 0.1) is 18.6 Å². The Morgan fingerprint density at radius 3 is 2.45 bits per heavy atom. The number of carbonyl (C=O) groups excluding carboxylic acids is 1. The van der Waals surface area contributed by atoms with Gasteiger partial charge < -0.3 is 4.57 Å². The van der Waals surface area contributed by atoms with Crippen molar-refractivity contribution in [3.05, 3.63) is 63.1 Å². The van der Waals surface area contributed by atoms with E-state index in [1.165, 1.54) is 9.58 Å². The summed E-state index contributed by atoms with van der Waals surface area (Å²) in [6.07, 6.45) is 5.79. The maximum absolute atomic E-state index is 13.3. The average molecular weight is 451 g/mol. The summed E-state index contributed by atoms with van der Waals surface area (Å²) in [6.45, 7) is 5.29. The molecule has 9 nitrogen and oxygen atoms in total. The molecule has 3 heterocycles. The summed E-state index contributed by atoms with van der Waals surface area (Å²) < 4.78 is 4.37. The van der Waals surface area contributed by atoms with Crippen LogP contribution in [0.4, 0.5) is 0 Å². The molecule has 0 radical (unpaired) electrons. The van der Waals surface area contributed by atoms with E-state index >= 15 is 0 Å². The highest BCUT2D eigenvalue weighted by Crippen LogP contribution is 2.14. The summed E-state index contributed by atoms with van der Waals surface area (Å²) in [6, 6.07) is 9.69. The Bertz CT molecular complexity index is 1290. The molecule has 9 heteroatoms. The number of rotatable bonds is 9. The average Bonchev–Trinajstić information content (AvgIpc) is 3.49. The van der Waals surface area contributed by atoms with Gasteiger partial charge in [0, 0.05) is 19.5 Å². The lowest BCUT2D eigenvalue weighted by atomic mass is 10.1. The number of fused-ring (bicyclic) bond motifs is 1. The quantitative estimate of drug-likeness (QED) is 0.501. The molecule has 0 saturated carbocycles. The maximum Gasteiger partial charge on any atom is 0.333 e. The summed E-state index contributed by atoms with van der Waals surface area (Å²) in [5, 5.41) is 5.82. The van der Waals surface area contributed by atoms with Crippen molar-refractivity contribution < 1.29 is 4.79 Å². The van der Waals surface area contributed by atoms with Crippen molar-refractivity contribution in [1.29, 1.82) is 0 Å². The molecule has 0 unspecified atom stereocenters. The van der Waals surface area contributed by atoms with E-state index in [1.54, 1.807) is 10.9 Å². The Balaban J connectivity index is 1.69. The van der Waals surface area contributed by atoms with Crippen LogP contribution < -0.4 is 11.2 Å². The van der Waals surface area contributed by atoms with Crippen LogP contribution in [0.3, 0.4) is 0 Å². The lowest BCUT2D eigenvalue weighted by molar-refractivity contribution is -0.131. The highest BCUT2D eigenvalue weighted by atomic mass is 16.2. The second kappa shape index (κ2) is 9.97. The number of hydrogen-bond acceptors (Lipinski definition) is 5. The minimum Gasteiger partial charge on any atom is -0.325 e. The topological polar surface area (TPSA) is 94.5 Å². The number of hydrogen-bond donors (Lipinski definition) is 0. The van der Waals surface area contributed by atoms with Gasteiger partial charge in [-0.05, 0) is 18.4 Å². The molecular weight excluding hydrogens is 420 g/mol. The monoisotopic (exact) mass is 450 g/mol. The maximum atomic E-state index is 13.3. The molecule has 0 spiro atoms. The number of imidazole rings is 1. The zero-order valence-electron chi connectivity index (χ0n) is 19.2. The van der Waals surface area contributed by atoms with Crippen molar-refractivity contribution >= 4 is 22.8 Å². The van der Waals surface area contributed by atoms with Gasteiger partial charge in [-0.3, -0.25) is 14.2 Å². The second-order valence-electron chi connectivity index (χ2n) is 8.32. The first-order valence-corrected chi connectivity index (χ1v) is 11.7. The Morgan fingerprint density at radius 1 is 1.00 bits per heavy atom. The van der Waals surface area contributed by atoms with E-state index in [0.717, 1.165) is 41.5 Å². The molecule has 0 bridgehead atoms. The molecule has 2 aromatic heterocycles. The second-order valence-corrected chi connectivity index (χ2v) is 8.32. The van der Waals surface area contributed by atoms with Crippen LogP contribution in [0.1, 0.15) is 51.5 Å². The molecule has 1 aliphatic rings. The van der Waals surface area contributed by atoms with E-state index in [9.17, 15) is 14.4 Å². The van der Waals surface area contributed by atoms with Crippen molar-refractivity contribution in [3.63, 3.8) is 0 Å².